The zero-order chi connectivity index (χ0) is 20.1. The number of amides is 1. The molecule has 1 aliphatic heterocycles. The minimum absolute atomic E-state index is 0.0247. The van der Waals surface area contributed by atoms with Gasteiger partial charge in [0.25, 0.3) is 0 Å². The standard InChI is InChI=1S/C21H28FN5OS/c22-18-8-6-16(7-9-18)14-26-10-12-27(13-11-26)15-19(28)23-21-25-24-20(29-21)17-4-2-1-3-5-17/h6-9,17H,1-5,10-15H2,(H,23,25,28). The summed E-state index contributed by atoms with van der Waals surface area (Å²) in [7, 11) is 0. The van der Waals surface area contributed by atoms with Crippen molar-refractivity contribution in [3.05, 3.63) is 40.7 Å². The molecule has 6 nitrogen and oxygen atoms in total. The fourth-order valence-corrected chi connectivity index (χ4v) is 5.04. The normalized spacial score (nSPS) is 19.3. The number of hydrogen-bond acceptors (Lipinski definition) is 6. The molecule has 4 rings (SSSR count). The molecule has 2 heterocycles. The molecule has 1 aromatic carbocycles. The van der Waals surface area contributed by atoms with E-state index in [0.29, 0.717) is 17.6 Å². The van der Waals surface area contributed by atoms with E-state index in [1.807, 2.05) is 12.1 Å². The van der Waals surface area contributed by atoms with Gasteiger partial charge in [-0.05, 0) is 30.5 Å². The van der Waals surface area contributed by atoms with Crippen molar-refractivity contribution in [3.63, 3.8) is 0 Å². The van der Waals surface area contributed by atoms with E-state index < -0.39 is 0 Å². The predicted octanol–water partition coefficient (Wildman–Crippen LogP) is 3.48. The molecule has 0 atom stereocenters. The zero-order valence-corrected chi connectivity index (χ0v) is 17.5. The Morgan fingerprint density at radius 3 is 2.45 bits per heavy atom. The summed E-state index contributed by atoms with van der Waals surface area (Å²) in [5.41, 5.74) is 1.11. The van der Waals surface area contributed by atoms with Gasteiger partial charge < -0.3 is 0 Å². The van der Waals surface area contributed by atoms with Gasteiger partial charge >= 0.3 is 0 Å². The number of piperazine rings is 1. The number of nitrogens with one attached hydrogen (secondary N) is 1. The second kappa shape index (κ2) is 9.73. The molecular weight excluding hydrogens is 389 g/mol. The summed E-state index contributed by atoms with van der Waals surface area (Å²) in [5.74, 6) is 0.287. The largest absolute Gasteiger partial charge is 0.299 e. The van der Waals surface area contributed by atoms with Crippen LogP contribution in [0.1, 0.15) is 48.6 Å². The second-order valence-electron chi connectivity index (χ2n) is 8.01. The fourth-order valence-electron chi connectivity index (χ4n) is 4.12. The van der Waals surface area contributed by atoms with Crippen molar-refractivity contribution in [1.29, 1.82) is 0 Å². The molecule has 2 aromatic rings. The summed E-state index contributed by atoms with van der Waals surface area (Å²) in [6, 6.07) is 6.67. The lowest BCUT2D eigenvalue weighted by molar-refractivity contribution is -0.117. The van der Waals surface area contributed by atoms with Gasteiger partial charge in [0, 0.05) is 38.6 Å². The summed E-state index contributed by atoms with van der Waals surface area (Å²) in [5, 5.41) is 13.1. The Morgan fingerprint density at radius 2 is 1.72 bits per heavy atom. The van der Waals surface area contributed by atoms with E-state index in [9.17, 15) is 9.18 Å². The maximum atomic E-state index is 13.0. The Bertz CT molecular complexity index is 798. The molecule has 8 heteroatoms. The molecule has 0 unspecified atom stereocenters. The number of carbonyl (C=O) groups excluding carboxylic acids is 1. The van der Waals surface area contributed by atoms with Crippen LogP contribution in [0.3, 0.4) is 0 Å². The fraction of sp³-hybridized carbons (Fsp3) is 0.571. The van der Waals surface area contributed by atoms with Gasteiger partial charge in [0.2, 0.25) is 11.0 Å². The third-order valence-corrected chi connectivity index (χ3v) is 6.79. The van der Waals surface area contributed by atoms with E-state index in [1.165, 1.54) is 55.6 Å². The molecule has 29 heavy (non-hydrogen) atoms. The number of benzene rings is 1. The Hall–Kier alpha value is -1.90. The molecule has 1 saturated heterocycles. The third kappa shape index (κ3) is 5.81. The highest BCUT2D eigenvalue weighted by atomic mass is 32.1. The molecule has 2 aliphatic rings. The number of anilines is 1. The van der Waals surface area contributed by atoms with Gasteiger partial charge in [-0.1, -0.05) is 42.7 Å². The highest BCUT2D eigenvalue weighted by Gasteiger charge is 2.22. The minimum Gasteiger partial charge on any atom is -0.299 e. The first-order valence-electron chi connectivity index (χ1n) is 10.5. The van der Waals surface area contributed by atoms with Gasteiger partial charge in [-0.25, -0.2) is 4.39 Å². The quantitative estimate of drug-likeness (QED) is 0.780. The maximum absolute atomic E-state index is 13.0. The molecule has 1 aliphatic carbocycles. The first-order valence-corrected chi connectivity index (χ1v) is 11.3. The van der Waals surface area contributed by atoms with Crippen molar-refractivity contribution in [2.24, 2.45) is 0 Å². The van der Waals surface area contributed by atoms with Crippen LogP contribution in [0, 0.1) is 5.82 Å². The van der Waals surface area contributed by atoms with Crippen molar-refractivity contribution < 1.29 is 9.18 Å². The number of nitrogens with zero attached hydrogens (tertiary/aromatic N) is 4. The first kappa shape index (κ1) is 20.4. The van der Waals surface area contributed by atoms with Crippen LogP contribution in [0.15, 0.2) is 24.3 Å². The van der Waals surface area contributed by atoms with Crippen LogP contribution < -0.4 is 5.32 Å². The van der Waals surface area contributed by atoms with Crippen molar-refractivity contribution in [2.45, 2.75) is 44.6 Å². The van der Waals surface area contributed by atoms with Crippen molar-refractivity contribution in [3.8, 4) is 0 Å². The van der Waals surface area contributed by atoms with Crippen molar-refractivity contribution in [2.75, 3.05) is 38.0 Å². The minimum atomic E-state index is -0.203. The zero-order valence-electron chi connectivity index (χ0n) is 16.6. The van der Waals surface area contributed by atoms with E-state index in [4.69, 9.17) is 0 Å². The highest BCUT2D eigenvalue weighted by Crippen LogP contribution is 2.35. The van der Waals surface area contributed by atoms with Crippen LogP contribution in [-0.2, 0) is 11.3 Å². The summed E-state index contributed by atoms with van der Waals surface area (Å²) in [6.45, 7) is 4.68. The number of aromatic nitrogens is 2. The van der Waals surface area contributed by atoms with Gasteiger partial charge in [0.15, 0.2) is 0 Å². The second-order valence-corrected chi connectivity index (χ2v) is 9.02. The van der Waals surface area contributed by atoms with Crippen LogP contribution in [0.2, 0.25) is 0 Å². The Kier molecular flexibility index (Phi) is 6.84. The van der Waals surface area contributed by atoms with E-state index in [2.05, 4.69) is 25.3 Å². The van der Waals surface area contributed by atoms with Crippen LogP contribution in [-0.4, -0.2) is 58.6 Å². The van der Waals surface area contributed by atoms with Crippen LogP contribution in [0.5, 0.6) is 0 Å². The van der Waals surface area contributed by atoms with Crippen LogP contribution in [0.25, 0.3) is 0 Å². The Balaban J connectivity index is 1.20. The van der Waals surface area contributed by atoms with Gasteiger partial charge in [-0.3, -0.25) is 19.9 Å². The lowest BCUT2D eigenvalue weighted by Crippen LogP contribution is -2.48. The number of hydrogen-bond donors (Lipinski definition) is 1. The number of carbonyl (C=O) groups is 1. The SMILES string of the molecule is O=C(CN1CCN(Cc2ccc(F)cc2)CC1)Nc1nnc(C2CCCCC2)s1. The van der Waals surface area contributed by atoms with Gasteiger partial charge in [-0.15, -0.1) is 10.2 Å². The topological polar surface area (TPSA) is 61.4 Å². The van der Waals surface area contributed by atoms with E-state index in [1.54, 1.807) is 0 Å². The van der Waals surface area contributed by atoms with Gasteiger partial charge in [0.1, 0.15) is 10.8 Å². The lowest BCUT2D eigenvalue weighted by Gasteiger charge is -2.34. The summed E-state index contributed by atoms with van der Waals surface area (Å²) in [4.78, 5) is 16.9. The lowest BCUT2D eigenvalue weighted by atomic mass is 9.90. The monoisotopic (exact) mass is 417 g/mol. The number of rotatable bonds is 6. The molecule has 1 N–H and O–H groups in total. The molecule has 0 spiro atoms. The molecular formula is C21H28FN5OS. The average Bonchev–Trinajstić information content (AvgIpc) is 3.20. The molecule has 0 bridgehead atoms. The van der Waals surface area contributed by atoms with E-state index in [0.717, 1.165) is 43.3 Å². The van der Waals surface area contributed by atoms with Gasteiger partial charge in [-0.2, -0.15) is 0 Å². The van der Waals surface area contributed by atoms with Crippen LogP contribution >= 0.6 is 11.3 Å². The number of halogens is 1. The molecule has 1 saturated carbocycles. The first-order chi connectivity index (χ1) is 14.2. The molecule has 0 radical (unpaired) electrons. The summed E-state index contributed by atoms with van der Waals surface area (Å²) in [6.07, 6.45) is 6.21. The van der Waals surface area contributed by atoms with Crippen molar-refractivity contribution in [1.82, 2.24) is 20.0 Å². The van der Waals surface area contributed by atoms with Gasteiger partial charge in [0.05, 0.1) is 6.54 Å². The summed E-state index contributed by atoms with van der Waals surface area (Å²) >= 11 is 1.52. The molecule has 1 amide bonds. The van der Waals surface area contributed by atoms with E-state index >= 15 is 0 Å². The highest BCUT2D eigenvalue weighted by molar-refractivity contribution is 7.15. The molecule has 1 aromatic heterocycles. The smallest absolute Gasteiger partial charge is 0.240 e. The maximum Gasteiger partial charge on any atom is 0.240 e. The Morgan fingerprint density at radius 1 is 1.03 bits per heavy atom. The molecule has 156 valence electrons. The molecule has 2 fully saturated rings. The van der Waals surface area contributed by atoms with Crippen molar-refractivity contribution >= 4 is 22.4 Å². The average molecular weight is 418 g/mol. The predicted molar refractivity (Wildman–Crippen MR) is 112 cm³/mol. The Labute approximate surface area is 175 Å². The van der Waals surface area contributed by atoms with E-state index in [-0.39, 0.29) is 11.7 Å². The third-order valence-electron chi connectivity index (χ3n) is 5.79. The van der Waals surface area contributed by atoms with Crippen LogP contribution in [0.4, 0.5) is 9.52 Å². The summed E-state index contributed by atoms with van der Waals surface area (Å²) < 4.78 is 13.0.